The molecule has 0 spiro atoms. The van der Waals surface area contributed by atoms with Gasteiger partial charge in [-0.3, -0.25) is 9.69 Å². The quantitative estimate of drug-likeness (QED) is 0.471. The maximum atomic E-state index is 13.0. The van der Waals surface area contributed by atoms with Crippen LogP contribution in [0.5, 0.6) is 0 Å². The van der Waals surface area contributed by atoms with Crippen LogP contribution in [0.2, 0.25) is 0 Å². The number of hydrogen-bond donors (Lipinski definition) is 1. The molecule has 3 rings (SSSR count). The first-order valence-electron chi connectivity index (χ1n) is 11.4. The normalized spacial score (nSPS) is 13.9. The van der Waals surface area contributed by atoms with Crippen LogP contribution in [0.1, 0.15) is 64.8 Å². The minimum absolute atomic E-state index is 0. The van der Waals surface area contributed by atoms with Crippen molar-refractivity contribution in [1.29, 1.82) is 0 Å². The van der Waals surface area contributed by atoms with Gasteiger partial charge in [-0.05, 0) is 56.5 Å². The van der Waals surface area contributed by atoms with Crippen molar-refractivity contribution in [1.82, 2.24) is 9.21 Å². The summed E-state index contributed by atoms with van der Waals surface area (Å²) in [7, 11) is -0.725. The van der Waals surface area contributed by atoms with Crippen molar-refractivity contribution >= 4 is 50.6 Å². The first-order valence-corrected chi connectivity index (χ1v) is 13.7. The Hall–Kier alpha value is -1.98. The lowest BCUT2D eigenvalue weighted by atomic mass is 10.0. The van der Waals surface area contributed by atoms with E-state index in [1.165, 1.54) is 47.0 Å². The van der Waals surface area contributed by atoms with Gasteiger partial charge in [-0.15, -0.1) is 23.7 Å². The van der Waals surface area contributed by atoms with Crippen molar-refractivity contribution < 1.29 is 22.7 Å². The molecule has 1 amide bonds. The number of thiophene rings is 1. The minimum Gasteiger partial charge on any atom is -0.465 e. The summed E-state index contributed by atoms with van der Waals surface area (Å²) in [5.74, 6) is -0.880. The molecule has 2 aromatic rings. The average Bonchev–Trinajstić information content (AvgIpc) is 3.18. The third-order valence-electron chi connectivity index (χ3n) is 6.08. The molecule has 194 valence electrons. The SMILES string of the molecule is CCCCN(C)S(=O)(=O)c1ccc(C(=O)Nc2sc3c(c2C(=O)OC)CCN(C(C)C)C3)cc1.Cl. The lowest BCUT2D eigenvalue weighted by Crippen LogP contribution is -2.35. The van der Waals surface area contributed by atoms with Crippen molar-refractivity contribution in [2.75, 3.05) is 32.6 Å². The Bertz CT molecular complexity index is 1150. The van der Waals surface area contributed by atoms with Crippen molar-refractivity contribution in [3.05, 3.63) is 45.8 Å². The van der Waals surface area contributed by atoms with E-state index in [4.69, 9.17) is 4.74 Å². The largest absolute Gasteiger partial charge is 0.465 e. The van der Waals surface area contributed by atoms with E-state index in [0.29, 0.717) is 35.1 Å². The highest BCUT2D eigenvalue weighted by atomic mass is 35.5. The molecule has 0 atom stereocenters. The van der Waals surface area contributed by atoms with Crippen LogP contribution >= 0.6 is 23.7 Å². The molecule has 0 bridgehead atoms. The topological polar surface area (TPSA) is 96.0 Å². The molecule has 11 heteroatoms. The van der Waals surface area contributed by atoms with Crippen LogP contribution in [0.4, 0.5) is 5.00 Å². The number of ether oxygens (including phenoxy) is 1. The number of fused-ring (bicyclic) bond motifs is 1. The van der Waals surface area contributed by atoms with Crippen LogP contribution in [0, 0.1) is 0 Å². The summed E-state index contributed by atoms with van der Waals surface area (Å²) in [5.41, 5.74) is 1.65. The van der Waals surface area contributed by atoms with Gasteiger partial charge in [0.25, 0.3) is 5.91 Å². The molecular weight excluding hydrogens is 510 g/mol. The van der Waals surface area contributed by atoms with Crippen LogP contribution in [0.25, 0.3) is 0 Å². The van der Waals surface area contributed by atoms with E-state index in [1.807, 2.05) is 6.92 Å². The fourth-order valence-corrected chi connectivity index (χ4v) is 6.37. The predicted molar refractivity (Wildman–Crippen MR) is 141 cm³/mol. The van der Waals surface area contributed by atoms with Gasteiger partial charge in [0.1, 0.15) is 5.00 Å². The third-order valence-corrected chi connectivity index (χ3v) is 9.09. The number of anilines is 1. The molecule has 35 heavy (non-hydrogen) atoms. The summed E-state index contributed by atoms with van der Waals surface area (Å²) in [6.07, 6.45) is 2.38. The Morgan fingerprint density at radius 2 is 1.89 bits per heavy atom. The van der Waals surface area contributed by atoms with E-state index in [0.717, 1.165) is 36.4 Å². The van der Waals surface area contributed by atoms with E-state index in [9.17, 15) is 18.0 Å². The zero-order valence-corrected chi connectivity index (χ0v) is 23.2. The summed E-state index contributed by atoms with van der Waals surface area (Å²) < 4.78 is 31.8. The highest BCUT2D eigenvalue weighted by Crippen LogP contribution is 2.38. The second-order valence-electron chi connectivity index (χ2n) is 8.67. The van der Waals surface area contributed by atoms with Crippen LogP contribution in [-0.2, 0) is 27.7 Å². The summed E-state index contributed by atoms with van der Waals surface area (Å²) in [6, 6.07) is 6.23. The third kappa shape index (κ3) is 6.42. The number of nitrogens with one attached hydrogen (secondary N) is 1. The number of hydrogen-bond acceptors (Lipinski definition) is 7. The lowest BCUT2D eigenvalue weighted by molar-refractivity contribution is 0.0600. The number of methoxy groups -OCH3 is 1. The van der Waals surface area contributed by atoms with Gasteiger partial charge in [-0.25, -0.2) is 17.5 Å². The number of carbonyl (C=O) groups is 2. The number of benzene rings is 1. The first kappa shape index (κ1) is 29.3. The predicted octanol–water partition coefficient (Wildman–Crippen LogP) is 4.40. The monoisotopic (exact) mass is 543 g/mol. The Kier molecular flexibility index (Phi) is 10.3. The maximum absolute atomic E-state index is 13.0. The van der Waals surface area contributed by atoms with E-state index in [-0.39, 0.29) is 17.3 Å². The van der Waals surface area contributed by atoms with Gasteiger partial charge in [0.2, 0.25) is 10.0 Å². The molecule has 8 nitrogen and oxygen atoms in total. The second kappa shape index (κ2) is 12.3. The van der Waals surface area contributed by atoms with E-state index < -0.39 is 21.9 Å². The number of rotatable bonds is 9. The number of halogens is 1. The lowest BCUT2D eigenvalue weighted by Gasteiger charge is -2.30. The van der Waals surface area contributed by atoms with Gasteiger partial charge < -0.3 is 10.1 Å². The summed E-state index contributed by atoms with van der Waals surface area (Å²) in [6.45, 7) is 8.26. The van der Waals surface area contributed by atoms with E-state index in [1.54, 1.807) is 7.05 Å². The Balaban J connectivity index is 0.00000432. The summed E-state index contributed by atoms with van der Waals surface area (Å²) in [4.78, 5) is 29.0. The summed E-state index contributed by atoms with van der Waals surface area (Å²) >= 11 is 1.39. The van der Waals surface area contributed by atoms with E-state index >= 15 is 0 Å². The smallest absolute Gasteiger partial charge is 0.341 e. The Morgan fingerprint density at radius 3 is 2.46 bits per heavy atom. The first-order chi connectivity index (χ1) is 16.1. The molecule has 2 heterocycles. The van der Waals surface area contributed by atoms with Crippen LogP contribution < -0.4 is 5.32 Å². The van der Waals surface area contributed by atoms with Crippen LogP contribution in [0.3, 0.4) is 0 Å². The number of esters is 1. The zero-order valence-electron chi connectivity index (χ0n) is 20.8. The zero-order chi connectivity index (χ0) is 25.0. The van der Waals surface area contributed by atoms with Crippen molar-refractivity contribution in [2.24, 2.45) is 0 Å². The molecule has 0 aliphatic carbocycles. The Labute approximate surface area is 218 Å². The second-order valence-corrected chi connectivity index (χ2v) is 11.8. The average molecular weight is 544 g/mol. The minimum atomic E-state index is -3.61. The molecule has 0 radical (unpaired) electrons. The fourth-order valence-electron chi connectivity index (χ4n) is 3.90. The molecule has 1 aliphatic heterocycles. The van der Waals surface area contributed by atoms with Gasteiger partial charge in [0.05, 0.1) is 17.6 Å². The van der Waals surface area contributed by atoms with Crippen LogP contribution in [-0.4, -0.2) is 62.8 Å². The van der Waals surface area contributed by atoms with Gasteiger partial charge in [0, 0.05) is 43.2 Å². The van der Waals surface area contributed by atoms with Crippen molar-refractivity contribution in [3.8, 4) is 0 Å². The van der Waals surface area contributed by atoms with Gasteiger partial charge in [-0.2, -0.15) is 0 Å². The van der Waals surface area contributed by atoms with Gasteiger partial charge >= 0.3 is 5.97 Å². The number of amides is 1. The van der Waals surface area contributed by atoms with Gasteiger partial charge in [0.15, 0.2) is 0 Å². The molecular formula is C24H34ClN3O5S2. The molecule has 1 aromatic carbocycles. The number of nitrogens with zero attached hydrogens (tertiary/aromatic N) is 2. The number of sulfonamides is 1. The van der Waals surface area contributed by atoms with Gasteiger partial charge in [-0.1, -0.05) is 13.3 Å². The Morgan fingerprint density at radius 1 is 1.23 bits per heavy atom. The highest BCUT2D eigenvalue weighted by molar-refractivity contribution is 7.89. The molecule has 1 aliphatic rings. The van der Waals surface area contributed by atoms with Crippen LogP contribution in [0.15, 0.2) is 29.2 Å². The molecule has 0 fully saturated rings. The highest BCUT2D eigenvalue weighted by Gasteiger charge is 2.30. The molecule has 0 saturated carbocycles. The van der Waals surface area contributed by atoms with Crippen molar-refractivity contribution in [3.63, 3.8) is 0 Å². The fraction of sp³-hybridized carbons (Fsp3) is 0.500. The summed E-state index contributed by atoms with van der Waals surface area (Å²) in [5, 5.41) is 3.31. The molecule has 0 saturated heterocycles. The number of unbranched alkanes of at least 4 members (excludes halogenated alkanes) is 1. The molecule has 1 aromatic heterocycles. The van der Waals surface area contributed by atoms with E-state index in [2.05, 4.69) is 24.1 Å². The molecule has 1 N–H and O–H groups in total. The molecule has 0 unspecified atom stereocenters. The standard InChI is InChI=1S/C24H33N3O5S2.ClH/c1-6-7-13-26(4)34(30,31)18-10-8-17(9-11-18)22(28)25-23-21(24(29)32-5)19-12-14-27(16(2)3)15-20(19)33-23;/h8-11,16H,6-7,12-15H2,1-5H3,(H,25,28);1H. The van der Waals surface area contributed by atoms with Crippen molar-refractivity contribution in [2.45, 2.75) is 57.5 Å². The number of carbonyl (C=O) groups excluding carboxylic acids is 2. The maximum Gasteiger partial charge on any atom is 0.341 e.